The van der Waals surface area contributed by atoms with Crippen LogP contribution in [0.15, 0.2) is 24.3 Å². The fraction of sp³-hybridized carbons (Fsp3) is 0.500. The number of benzene rings is 1. The zero-order valence-electron chi connectivity index (χ0n) is 12.8. The fourth-order valence-electron chi connectivity index (χ4n) is 2.35. The number of aliphatic carboxylic acids is 1. The molecule has 1 amide bonds. The normalized spacial score (nSPS) is 19.5. The van der Waals surface area contributed by atoms with Gasteiger partial charge in [-0.25, -0.2) is 4.79 Å². The molecule has 0 spiro atoms. The Kier molecular flexibility index (Phi) is 5.38. The van der Waals surface area contributed by atoms with Crippen LogP contribution in [0.3, 0.4) is 0 Å². The van der Waals surface area contributed by atoms with Crippen LogP contribution in [0.2, 0.25) is 0 Å². The van der Waals surface area contributed by atoms with Crippen LogP contribution < -0.4 is 4.74 Å². The van der Waals surface area contributed by atoms with Gasteiger partial charge in [0.1, 0.15) is 5.75 Å². The third-order valence-corrected chi connectivity index (χ3v) is 3.66. The van der Waals surface area contributed by atoms with Crippen molar-refractivity contribution in [3.05, 3.63) is 29.8 Å². The Hall–Kier alpha value is -2.08. The molecule has 0 saturated carbocycles. The maximum absolute atomic E-state index is 12.6. The van der Waals surface area contributed by atoms with E-state index in [4.69, 9.17) is 14.6 Å². The van der Waals surface area contributed by atoms with Crippen molar-refractivity contribution in [3.63, 3.8) is 0 Å². The molecule has 1 fully saturated rings. The minimum absolute atomic E-state index is 0.0573. The standard InChI is InChI=1S/C16H21NO5/c1-3-12(22-13-7-5-4-6-11(13)2)15(18)17-8-9-21-14(10-17)16(19)20/h4-7,12,14H,3,8-10H2,1-2H3,(H,19,20)/t12-,14+/m0/s1. The van der Waals surface area contributed by atoms with E-state index in [0.717, 1.165) is 5.56 Å². The van der Waals surface area contributed by atoms with Crippen molar-refractivity contribution in [3.8, 4) is 5.75 Å². The van der Waals surface area contributed by atoms with E-state index in [2.05, 4.69) is 0 Å². The van der Waals surface area contributed by atoms with Crippen molar-refractivity contribution in [2.45, 2.75) is 32.5 Å². The van der Waals surface area contributed by atoms with Gasteiger partial charge in [0.25, 0.3) is 5.91 Å². The van der Waals surface area contributed by atoms with Gasteiger partial charge in [-0.15, -0.1) is 0 Å². The molecule has 0 aliphatic carbocycles. The monoisotopic (exact) mass is 307 g/mol. The van der Waals surface area contributed by atoms with Gasteiger partial charge in [0.05, 0.1) is 13.2 Å². The van der Waals surface area contributed by atoms with E-state index in [-0.39, 0.29) is 19.1 Å². The molecular weight excluding hydrogens is 286 g/mol. The summed E-state index contributed by atoms with van der Waals surface area (Å²) in [6.45, 7) is 4.46. The summed E-state index contributed by atoms with van der Waals surface area (Å²) in [5.41, 5.74) is 0.958. The van der Waals surface area contributed by atoms with Crippen molar-refractivity contribution in [2.24, 2.45) is 0 Å². The van der Waals surface area contributed by atoms with E-state index in [0.29, 0.717) is 18.7 Å². The lowest BCUT2D eigenvalue weighted by molar-refractivity contribution is -0.161. The van der Waals surface area contributed by atoms with Crippen LogP contribution in [0.4, 0.5) is 0 Å². The van der Waals surface area contributed by atoms with Crippen LogP contribution in [0.1, 0.15) is 18.9 Å². The van der Waals surface area contributed by atoms with Gasteiger partial charge in [0.15, 0.2) is 12.2 Å². The Morgan fingerprint density at radius 2 is 2.18 bits per heavy atom. The summed E-state index contributed by atoms with van der Waals surface area (Å²) in [7, 11) is 0. The Balaban J connectivity index is 2.05. The zero-order chi connectivity index (χ0) is 16.1. The number of ether oxygens (including phenoxy) is 2. The average Bonchev–Trinajstić information content (AvgIpc) is 2.53. The third kappa shape index (κ3) is 3.76. The summed E-state index contributed by atoms with van der Waals surface area (Å²) in [6, 6.07) is 7.51. The minimum atomic E-state index is -1.05. The molecule has 6 heteroatoms. The molecule has 0 aromatic heterocycles. The Labute approximate surface area is 129 Å². The minimum Gasteiger partial charge on any atom is -0.480 e. The molecule has 1 aromatic rings. The summed E-state index contributed by atoms with van der Waals surface area (Å²) in [6.07, 6.45) is -1.07. The largest absolute Gasteiger partial charge is 0.480 e. The number of aryl methyl sites for hydroxylation is 1. The number of morpholine rings is 1. The second-order valence-electron chi connectivity index (χ2n) is 5.26. The van der Waals surface area contributed by atoms with Crippen LogP contribution >= 0.6 is 0 Å². The molecule has 0 radical (unpaired) electrons. The quantitative estimate of drug-likeness (QED) is 0.891. The number of carboxylic acid groups (broad SMARTS) is 1. The summed E-state index contributed by atoms with van der Waals surface area (Å²) < 4.78 is 11.0. The smallest absolute Gasteiger partial charge is 0.334 e. The van der Waals surface area contributed by atoms with Crippen molar-refractivity contribution < 1.29 is 24.2 Å². The Bertz CT molecular complexity index is 545. The molecule has 1 saturated heterocycles. The first-order valence-corrected chi connectivity index (χ1v) is 7.38. The molecule has 1 aromatic carbocycles. The van der Waals surface area contributed by atoms with Crippen LogP contribution in [-0.2, 0) is 14.3 Å². The second-order valence-corrected chi connectivity index (χ2v) is 5.26. The topological polar surface area (TPSA) is 76.1 Å². The fourth-order valence-corrected chi connectivity index (χ4v) is 2.35. The molecule has 1 N–H and O–H groups in total. The number of hydrogen-bond acceptors (Lipinski definition) is 4. The first kappa shape index (κ1) is 16.3. The number of carbonyl (C=O) groups is 2. The molecule has 0 unspecified atom stereocenters. The van der Waals surface area contributed by atoms with Gasteiger partial charge in [-0.2, -0.15) is 0 Å². The molecule has 0 bridgehead atoms. The molecule has 1 aliphatic heterocycles. The molecule has 2 rings (SSSR count). The summed E-state index contributed by atoms with van der Waals surface area (Å²) in [4.78, 5) is 25.1. The van der Waals surface area contributed by atoms with Crippen LogP contribution in [0, 0.1) is 6.92 Å². The van der Waals surface area contributed by atoms with Crippen molar-refractivity contribution in [1.29, 1.82) is 0 Å². The van der Waals surface area contributed by atoms with E-state index < -0.39 is 18.2 Å². The zero-order valence-corrected chi connectivity index (χ0v) is 12.8. The van der Waals surface area contributed by atoms with Gasteiger partial charge in [-0.05, 0) is 25.0 Å². The lowest BCUT2D eigenvalue weighted by Crippen LogP contribution is -2.52. The number of amides is 1. The Morgan fingerprint density at radius 3 is 2.82 bits per heavy atom. The maximum Gasteiger partial charge on any atom is 0.334 e. The van der Waals surface area contributed by atoms with Crippen molar-refractivity contribution >= 4 is 11.9 Å². The highest BCUT2D eigenvalue weighted by Gasteiger charge is 2.32. The maximum atomic E-state index is 12.6. The van der Waals surface area contributed by atoms with E-state index in [9.17, 15) is 9.59 Å². The molecule has 22 heavy (non-hydrogen) atoms. The molecule has 1 aliphatic rings. The highest BCUT2D eigenvalue weighted by atomic mass is 16.5. The van der Waals surface area contributed by atoms with Crippen LogP contribution in [0.25, 0.3) is 0 Å². The number of nitrogens with zero attached hydrogens (tertiary/aromatic N) is 1. The summed E-state index contributed by atoms with van der Waals surface area (Å²) in [5.74, 6) is -0.573. The van der Waals surface area contributed by atoms with Gasteiger partial charge < -0.3 is 19.5 Å². The van der Waals surface area contributed by atoms with Gasteiger partial charge >= 0.3 is 5.97 Å². The van der Waals surface area contributed by atoms with E-state index in [1.165, 1.54) is 4.90 Å². The predicted molar refractivity (Wildman–Crippen MR) is 79.8 cm³/mol. The molecular formula is C16H21NO5. The highest BCUT2D eigenvalue weighted by Crippen LogP contribution is 2.20. The number of rotatable bonds is 5. The summed E-state index contributed by atoms with van der Waals surface area (Å²) >= 11 is 0. The van der Waals surface area contributed by atoms with Gasteiger partial charge in [-0.1, -0.05) is 25.1 Å². The van der Waals surface area contributed by atoms with Crippen molar-refractivity contribution in [1.82, 2.24) is 4.90 Å². The molecule has 120 valence electrons. The van der Waals surface area contributed by atoms with Crippen LogP contribution in [0.5, 0.6) is 5.75 Å². The lowest BCUT2D eigenvalue weighted by atomic mass is 10.2. The first-order valence-electron chi connectivity index (χ1n) is 7.38. The predicted octanol–water partition coefficient (Wildman–Crippen LogP) is 1.46. The first-order chi connectivity index (χ1) is 10.5. The Morgan fingerprint density at radius 1 is 1.45 bits per heavy atom. The number of carboxylic acids is 1. The highest BCUT2D eigenvalue weighted by molar-refractivity contribution is 5.82. The van der Waals surface area contributed by atoms with E-state index >= 15 is 0 Å². The SMILES string of the molecule is CC[C@H](Oc1ccccc1C)C(=O)N1CCO[C@@H](C(=O)O)C1. The van der Waals surface area contributed by atoms with Gasteiger partial charge in [0, 0.05) is 6.54 Å². The third-order valence-electron chi connectivity index (χ3n) is 3.66. The number of para-hydroxylation sites is 1. The van der Waals surface area contributed by atoms with Gasteiger partial charge in [0.2, 0.25) is 0 Å². The number of carbonyl (C=O) groups excluding carboxylic acids is 1. The van der Waals surface area contributed by atoms with Gasteiger partial charge in [-0.3, -0.25) is 4.79 Å². The average molecular weight is 307 g/mol. The second kappa shape index (κ2) is 7.26. The molecule has 6 nitrogen and oxygen atoms in total. The summed E-state index contributed by atoms with van der Waals surface area (Å²) in [5, 5.41) is 9.01. The van der Waals surface area contributed by atoms with E-state index in [1.54, 1.807) is 0 Å². The van der Waals surface area contributed by atoms with Crippen LogP contribution in [-0.4, -0.2) is 53.8 Å². The molecule has 2 atom stereocenters. The van der Waals surface area contributed by atoms with Crippen molar-refractivity contribution in [2.75, 3.05) is 19.7 Å². The molecule has 1 heterocycles. The lowest BCUT2D eigenvalue weighted by Gasteiger charge is -2.33. The van der Waals surface area contributed by atoms with E-state index in [1.807, 2.05) is 38.1 Å². The number of hydrogen-bond donors (Lipinski definition) is 1.